The second-order valence-corrected chi connectivity index (χ2v) is 10.1. The molecular formula is C28H35NO3. The highest BCUT2D eigenvalue weighted by Gasteiger charge is 2.64. The highest BCUT2D eigenvalue weighted by atomic mass is 16.3. The van der Waals surface area contributed by atoms with E-state index in [4.69, 9.17) is 0 Å². The van der Waals surface area contributed by atoms with Crippen LogP contribution in [0.3, 0.4) is 0 Å². The third-order valence-corrected chi connectivity index (χ3v) is 8.11. The van der Waals surface area contributed by atoms with Crippen LogP contribution in [0.1, 0.15) is 39.7 Å². The molecule has 1 amide bonds. The Kier molecular flexibility index (Phi) is 6.26. The van der Waals surface area contributed by atoms with Gasteiger partial charge in [0.25, 0.3) is 0 Å². The SMILES string of the molecule is CC1=C[C@H]2/C=C/C[C@@H](C)[C@H](O)[C@H](C)/C=C/C(=O)[C@@]23C(=O)N[C@H](Cc2ccccc2)[C@H]3[C@H]1C. The molecule has 0 saturated carbocycles. The number of hydrogen-bond acceptors (Lipinski definition) is 3. The summed E-state index contributed by atoms with van der Waals surface area (Å²) in [6.07, 6.45) is 10.5. The lowest BCUT2D eigenvalue weighted by molar-refractivity contribution is -0.142. The molecule has 0 aromatic heterocycles. The molecule has 1 aromatic carbocycles. The predicted molar refractivity (Wildman–Crippen MR) is 127 cm³/mol. The van der Waals surface area contributed by atoms with Gasteiger partial charge < -0.3 is 10.4 Å². The van der Waals surface area contributed by atoms with Gasteiger partial charge in [0.15, 0.2) is 5.78 Å². The lowest BCUT2D eigenvalue weighted by Gasteiger charge is -2.44. The van der Waals surface area contributed by atoms with Gasteiger partial charge in [-0.25, -0.2) is 0 Å². The van der Waals surface area contributed by atoms with Gasteiger partial charge in [-0.2, -0.15) is 0 Å². The first-order valence-electron chi connectivity index (χ1n) is 11.9. The molecule has 1 aliphatic heterocycles. The largest absolute Gasteiger partial charge is 0.392 e. The van der Waals surface area contributed by atoms with E-state index in [9.17, 15) is 14.7 Å². The standard InChI is InChI=1S/C28H35NO3/c1-17-9-8-12-22-15-19(3)20(4)25-23(16-21-10-6-5-7-11-21)29-27(32)28(22,25)24(30)14-13-18(2)26(17)31/h5-8,10-15,17-18,20,22-23,25-26,31H,9,16H2,1-4H3,(H,29,32)/b12-8+,14-13+/t17-,18-,20+,22-,23-,25-,26+,28+/m1/s1. The summed E-state index contributed by atoms with van der Waals surface area (Å²) in [6, 6.07) is 10.1. The van der Waals surface area contributed by atoms with Crippen LogP contribution in [0.4, 0.5) is 0 Å². The summed E-state index contributed by atoms with van der Waals surface area (Å²) >= 11 is 0. The maximum Gasteiger partial charge on any atom is 0.235 e. The second kappa shape index (κ2) is 8.82. The maximum atomic E-state index is 13.9. The molecule has 4 nitrogen and oxygen atoms in total. The molecule has 2 N–H and O–H groups in total. The summed E-state index contributed by atoms with van der Waals surface area (Å²) in [6.45, 7) is 8.22. The Morgan fingerprint density at radius 1 is 1.09 bits per heavy atom. The van der Waals surface area contributed by atoms with Crippen LogP contribution >= 0.6 is 0 Å². The quantitative estimate of drug-likeness (QED) is 0.541. The third kappa shape index (κ3) is 3.69. The van der Waals surface area contributed by atoms with Crippen LogP contribution in [-0.4, -0.2) is 28.9 Å². The van der Waals surface area contributed by atoms with Crippen molar-refractivity contribution in [3.63, 3.8) is 0 Å². The summed E-state index contributed by atoms with van der Waals surface area (Å²) < 4.78 is 0. The molecule has 0 radical (unpaired) electrons. The predicted octanol–water partition coefficient (Wildman–Crippen LogP) is 4.26. The molecule has 0 bridgehead atoms. The van der Waals surface area contributed by atoms with Crippen LogP contribution in [0.2, 0.25) is 0 Å². The molecule has 1 saturated heterocycles. The number of allylic oxidation sites excluding steroid dienone is 5. The summed E-state index contributed by atoms with van der Waals surface area (Å²) in [5, 5.41) is 13.9. The van der Waals surface area contributed by atoms with Gasteiger partial charge in [0.2, 0.25) is 5.91 Å². The molecule has 2 aliphatic carbocycles. The van der Waals surface area contributed by atoms with Gasteiger partial charge in [-0.1, -0.05) is 81.0 Å². The van der Waals surface area contributed by atoms with E-state index < -0.39 is 11.5 Å². The Morgan fingerprint density at radius 2 is 1.81 bits per heavy atom. The van der Waals surface area contributed by atoms with Crippen LogP contribution in [0.5, 0.6) is 0 Å². The molecule has 170 valence electrons. The van der Waals surface area contributed by atoms with E-state index in [-0.39, 0.29) is 47.3 Å². The molecular weight excluding hydrogens is 398 g/mol. The first-order valence-corrected chi connectivity index (χ1v) is 11.9. The fraction of sp³-hybridized carbons (Fsp3) is 0.500. The monoisotopic (exact) mass is 433 g/mol. The van der Waals surface area contributed by atoms with Crippen LogP contribution < -0.4 is 5.32 Å². The number of amides is 1. The Hall–Kier alpha value is -2.46. The van der Waals surface area contributed by atoms with Gasteiger partial charge in [-0.05, 0) is 43.2 Å². The molecule has 0 unspecified atom stereocenters. The van der Waals surface area contributed by atoms with Crippen LogP contribution in [0, 0.1) is 35.0 Å². The second-order valence-electron chi connectivity index (χ2n) is 10.1. The highest BCUT2D eigenvalue weighted by Crippen LogP contribution is 2.54. The van der Waals surface area contributed by atoms with Gasteiger partial charge in [0.05, 0.1) is 6.10 Å². The molecule has 32 heavy (non-hydrogen) atoms. The fourth-order valence-electron chi connectivity index (χ4n) is 6.09. The first-order chi connectivity index (χ1) is 15.3. The van der Waals surface area contributed by atoms with Crippen LogP contribution in [-0.2, 0) is 16.0 Å². The number of benzene rings is 1. The zero-order valence-electron chi connectivity index (χ0n) is 19.5. The zero-order valence-corrected chi connectivity index (χ0v) is 19.5. The van der Waals surface area contributed by atoms with Gasteiger partial charge in [0.1, 0.15) is 5.41 Å². The van der Waals surface area contributed by atoms with Crippen molar-refractivity contribution in [1.29, 1.82) is 0 Å². The summed E-state index contributed by atoms with van der Waals surface area (Å²) in [7, 11) is 0. The van der Waals surface area contributed by atoms with Crippen molar-refractivity contribution in [2.45, 2.75) is 52.7 Å². The van der Waals surface area contributed by atoms with E-state index in [1.165, 1.54) is 5.57 Å². The molecule has 3 aliphatic rings. The topological polar surface area (TPSA) is 66.4 Å². The number of aliphatic hydroxyl groups is 1. The molecule has 1 heterocycles. The minimum atomic E-state index is -1.15. The van der Waals surface area contributed by atoms with E-state index in [0.717, 1.165) is 5.56 Å². The summed E-state index contributed by atoms with van der Waals surface area (Å²) in [5.74, 6) is -0.710. The van der Waals surface area contributed by atoms with Crippen molar-refractivity contribution in [2.24, 2.45) is 35.0 Å². The summed E-state index contributed by atoms with van der Waals surface area (Å²) in [4.78, 5) is 27.6. The number of aliphatic hydroxyl groups excluding tert-OH is 1. The number of ketones is 1. The number of rotatable bonds is 2. The van der Waals surface area contributed by atoms with Crippen LogP contribution in [0.15, 0.2) is 66.3 Å². The van der Waals surface area contributed by atoms with Crippen molar-refractivity contribution in [2.75, 3.05) is 0 Å². The first kappa shape index (κ1) is 22.7. The molecule has 1 aromatic rings. The number of hydrogen-bond donors (Lipinski definition) is 2. The van der Waals surface area contributed by atoms with Gasteiger partial charge in [-0.3, -0.25) is 9.59 Å². The Balaban J connectivity index is 1.83. The van der Waals surface area contributed by atoms with Crippen molar-refractivity contribution in [3.8, 4) is 0 Å². The Labute approximate surface area is 191 Å². The van der Waals surface area contributed by atoms with E-state index in [1.807, 2.05) is 38.1 Å². The minimum Gasteiger partial charge on any atom is -0.392 e. The minimum absolute atomic E-state index is 0.0710. The van der Waals surface area contributed by atoms with Gasteiger partial charge in [-0.15, -0.1) is 0 Å². The Bertz CT molecular complexity index is 962. The molecule has 4 heteroatoms. The number of nitrogens with one attached hydrogen (secondary N) is 1. The maximum absolute atomic E-state index is 13.9. The fourth-order valence-corrected chi connectivity index (χ4v) is 6.09. The van der Waals surface area contributed by atoms with Crippen molar-refractivity contribution in [3.05, 3.63) is 71.8 Å². The van der Waals surface area contributed by atoms with Crippen molar-refractivity contribution >= 4 is 11.7 Å². The van der Waals surface area contributed by atoms with E-state index >= 15 is 0 Å². The average molecular weight is 434 g/mol. The van der Waals surface area contributed by atoms with Gasteiger partial charge >= 0.3 is 0 Å². The normalized spacial score (nSPS) is 41.5. The number of carbonyl (C=O) groups is 2. The van der Waals surface area contributed by atoms with E-state index in [0.29, 0.717) is 12.8 Å². The lowest BCUT2D eigenvalue weighted by Crippen LogP contribution is -2.51. The third-order valence-electron chi connectivity index (χ3n) is 8.11. The van der Waals surface area contributed by atoms with Crippen LogP contribution in [0.25, 0.3) is 0 Å². The van der Waals surface area contributed by atoms with E-state index in [2.05, 4.69) is 43.4 Å². The molecule has 1 spiro atoms. The lowest BCUT2D eigenvalue weighted by atomic mass is 9.55. The van der Waals surface area contributed by atoms with Gasteiger partial charge in [0, 0.05) is 23.8 Å². The zero-order chi connectivity index (χ0) is 23.0. The molecule has 8 atom stereocenters. The molecule has 4 rings (SSSR count). The number of carbonyl (C=O) groups excluding carboxylic acids is 2. The molecule has 1 fully saturated rings. The van der Waals surface area contributed by atoms with Crippen molar-refractivity contribution in [1.82, 2.24) is 5.32 Å². The van der Waals surface area contributed by atoms with Crippen molar-refractivity contribution < 1.29 is 14.7 Å². The Morgan fingerprint density at radius 3 is 2.53 bits per heavy atom. The summed E-state index contributed by atoms with van der Waals surface area (Å²) in [5.41, 5.74) is 1.23. The highest BCUT2D eigenvalue weighted by molar-refractivity contribution is 6.13. The average Bonchev–Trinajstić information content (AvgIpc) is 3.07. The smallest absolute Gasteiger partial charge is 0.235 e. The van der Waals surface area contributed by atoms with E-state index in [1.54, 1.807) is 12.2 Å².